The third kappa shape index (κ3) is 5.07. The SMILES string of the molecule is Cc1ccc2c(OCCN3CCC(Cc4cccc5c4OCC(=O)N5)CC3)cc(Cl)cc2n1. The molecule has 1 fully saturated rings. The van der Waals surface area contributed by atoms with Crippen LogP contribution in [0.3, 0.4) is 0 Å². The third-order valence-corrected chi connectivity index (χ3v) is 6.69. The Morgan fingerprint density at radius 2 is 2.06 bits per heavy atom. The first-order valence-corrected chi connectivity index (χ1v) is 11.9. The number of hydrogen-bond acceptors (Lipinski definition) is 5. The van der Waals surface area contributed by atoms with Crippen molar-refractivity contribution in [1.82, 2.24) is 9.88 Å². The van der Waals surface area contributed by atoms with Gasteiger partial charge in [-0.2, -0.15) is 0 Å². The zero-order chi connectivity index (χ0) is 22.8. The van der Waals surface area contributed by atoms with Gasteiger partial charge in [-0.15, -0.1) is 0 Å². The number of aryl methyl sites for hydroxylation is 1. The molecule has 0 atom stereocenters. The molecule has 2 aliphatic heterocycles. The number of likely N-dealkylation sites (tertiary alicyclic amines) is 1. The van der Waals surface area contributed by atoms with E-state index in [1.54, 1.807) is 0 Å². The van der Waals surface area contributed by atoms with Gasteiger partial charge in [-0.3, -0.25) is 14.7 Å². The Bertz CT molecular complexity index is 1170. The molecule has 7 heteroatoms. The van der Waals surface area contributed by atoms with E-state index in [2.05, 4.69) is 21.3 Å². The first-order valence-electron chi connectivity index (χ1n) is 11.5. The number of anilines is 1. The van der Waals surface area contributed by atoms with Crippen LogP contribution in [0.25, 0.3) is 10.9 Å². The van der Waals surface area contributed by atoms with Crippen LogP contribution in [0.2, 0.25) is 5.02 Å². The van der Waals surface area contributed by atoms with Crippen LogP contribution in [-0.4, -0.2) is 48.6 Å². The number of carbonyl (C=O) groups excluding carboxylic acids is 1. The molecule has 0 saturated carbocycles. The summed E-state index contributed by atoms with van der Waals surface area (Å²) in [6.07, 6.45) is 3.25. The van der Waals surface area contributed by atoms with Crippen LogP contribution in [0, 0.1) is 12.8 Å². The summed E-state index contributed by atoms with van der Waals surface area (Å²) in [6, 6.07) is 13.8. The van der Waals surface area contributed by atoms with E-state index in [0.29, 0.717) is 17.5 Å². The largest absolute Gasteiger partial charge is 0.491 e. The molecular weight excluding hydrogens is 438 g/mol. The van der Waals surface area contributed by atoms with Crippen LogP contribution in [-0.2, 0) is 11.2 Å². The number of nitrogens with zero attached hydrogens (tertiary/aromatic N) is 2. The van der Waals surface area contributed by atoms with Crippen molar-refractivity contribution in [3.05, 3.63) is 58.7 Å². The highest BCUT2D eigenvalue weighted by molar-refractivity contribution is 6.31. The van der Waals surface area contributed by atoms with Crippen molar-refractivity contribution in [3.63, 3.8) is 0 Å². The Morgan fingerprint density at radius 3 is 2.91 bits per heavy atom. The van der Waals surface area contributed by atoms with Crippen molar-refractivity contribution in [2.24, 2.45) is 5.92 Å². The van der Waals surface area contributed by atoms with E-state index in [9.17, 15) is 4.79 Å². The highest BCUT2D eigenvalue weighted by Gasteiger charge is 2.24. The maximum atomic E-state index is 11.6. The molecule has 0 bridgehead atoms. The van der Waals surface area contributed by atoms with E-state index in [-0.39, 0.29) is 12.5 Å². The van der Waals surface area contributed by atoms with E-state index in [4.69, 9.17) is 21.1 Å². The standard InChI is InChI=1S/C26H28ClN3O3/c1-17-5-6-21-23(28-17)14-20(27)15-24(21)32-12-11-30-9-7-18(8-10-30)13-19-3-2-4-22-26(19)33-16-25(31)29-22/h2-6,14-15,18H,7-13,16H2,1H3,(H,29,31). The van der Waals surface area contributed by atoms with Gasteiger partial charge in [-0.05, 0) is 81.1 Å². The molecule has 0 unspecified atom stereocenters. The summed E-state index contributed by atoms with van der Waals surface area (Å²) in [5, 5.41) is 4.54. The number of halogens is 1. The molecule has 6 nitrogen and oxygen atoms in total. The van der Waals surface area contributed by atoms with Crippen molar-refractivity contribution in [3.8, 4) is 11.5 Å². The number of para-hydroxylation sites is 1. The van der Waals surface area contributed by atoms with Crippen molar-refractivity contribution in [2.45, 2.75) is 26.2 Å². The van der Waals surface area contributed by atoms with Gasteiger partial charge >= 0.3 is 0 Å². The van der Waals surface area contributed by atoms with Crippen molar-refractivity contribution in [1.29, 1.82) is 0 Å². The normalized spacial score (nSPS) is 16.8. The first kappa shape index (κ1) is 22.0. The van der Waals surface area contributed by atoms with Gasteiger partial charge < -0.3 is 14.8 Å². The maximum Gasteiger partial charge on any atom is 0.262 e. The lowest BCUT2D eigenvalue weighted by molar-refractivity contribution is -0.118. The van der Waals surface area contributed by atoms with Gasteiger partial charge in [-0.25, -0.2) is 0 Å². The van der Waals surface area contributed by atoms with E-state index in [1.165, 1.54) is 5.56 Å². The number of fused-ring (bicyclic) bond motifs is 2. The minimum Gasteiger partial charge on any atom is -0.491 e. The van der Waals surface area contributed by atoms with E-state index in [1.807, 2.05) is 43.3 Å². The molecule has 5 rings (SSSR count). The Hall–Kier alpha value is -2.83. The van der Waals surface area contributed by atoms with Crippen LogP contribution in [0.5, 0.6) is 11.5 Å². The third-order valence-electron chi connectivity index (χ3n) is 6.47. The molecule has 3 heterocycles. The highest BCUT2D eigenvalue weighted by atomic mass is 35.5. The minimum atomic E-state index is -0.0904. The number of hydrogen-bond donors (Lipinski definition) is 1. The van der Waals surface area contributed by atoms with Crippen LogP contribution in [0.15, 0.2) is 42.5 Å². The average molecular weight is 466 g/mol. The van der Waals surface area contributed by atoms with Gasteiger partial charge in [0.2, 0.25) is 0 Å². The van der Waals surface area contributed by atoms with Gasteiger partial charge in [0, 0.05) is 22.6 Å². The number of ether oxygens (including phenoxy) is 2. The van der Waals surface area contributed by atoms with Crippen molar-refractivity contribution < 1.29 is 14.3 Å². The number of rotatable bonds is 6. The van der Waals surface area contributed by atoms with Crippen LogP contribution < -0.4 is 14.8 Å². The minimum absolute atomic E-state index is 0.0904. The number of aromatic nitrogens is 1. The lowest BCUT2D eigenvalue weighted by atomic mass is 9.89. The van der Waals surface area contributed by atoms with Gasteiger partial charge in [0.1, 0.15) is 18.1 Å². The second-order valence-corrected chi connectivity index (χ2v) is 9.33. The molecule has 0 spiro atoms. The lowest BCUT2D eigenvalue weighted by Gasteiger charge is -2.32. The average Bonchev–Trinajstić information content (AvgIpc) is 2.79. The summed E-state index contributed by atoms with van der Waals surface area (Å²) in [5.74, 6) is 2.15. The van der Waals surface area contributed by atoms with E-state index in [0.717, 1.165) is 72.7 Å². The predicted octanol–water partition coefficient (Wildman–Crippen LogP) is 4.86. The molecule has 33 heavy (non-hydrogen) atoms. The number of piperidine rings is 1. The molecule has 2 aromatic carbocycles. The van der Waals surface area contributed by atoms with Gasteiger partial charge in [-0.1, -0.05) is 23.7 Å². The fourth-order valence-electron chi connectivity index (χ4n) is 4.74. The fourth-order valence-corrected chi connectivity index (χ4v) is 4.94. The molecular formula is C26H28ClN3O3. The second kappa shape index (κ2) is 9.57. The second-order valence-electron chi connectivity index (χ2n) is 8.89. The fraction of sp³-hybridized carbons (Fsp3) is 0.385. The summed E-state index contributed by atoms with van der Waals surface area (Å²) in [7, 11) is 0. The molecule has 172 valence electrons. The molecule has 0 aliphatic carbocycles. The summed E-state index contributed by atoms with van der Waals surface area (Å²) in [4.78, 5) is 18.6. The Labute approximate surface area is 198 Å². The van der Waals surface area contributed by atoms with Crippen LogP contribution >= 0.6 is 11.6 Å². The number of carbonyl (C=O) groups is 1. The zero-order valence-electron chi connectivity index (χ0n) is 18.8. The van der Waals surface area contributed by atoms with Crippen LogP contribution in [0.4, 0.5) is 5.69 Å². The quantitative estimate of drug-likeness (QED) is 0.563. The van der Waals surface area contributed by atoms with Gasteiger partial charge in [0.15, 0.2) is 6.61 Å². The maximum absolute atomic E-state index is 11.6. The molecule has 1 saturated heterocycles. The monoisotopic (exact) mass is 465 g/mol. The predicted molar refractivity (Wildman–Crippen MR) is 130 cm³/mol. The molecule has 1 amide bonds. The first-order chi connectivity index (χ1) is 16.0. The Balaban J connectivity index is 1.13. The number of amides is 1. The highest BCUT2D eigenvalue weighted by Crippen LogP contribution is 2.35. The number of benzene rings is 2. The molecule has 2 aliphatic rings. The van der Waals surface area contributed by atoms with E-state index >= 15 is 0 Å². The van der Waals surface area contributed by atoms with E-state index < -0.39 is 0 Å². The summed E-state index contributed by atoms with van der Waals surface area (Å²) in [5.41, 5.74) is 3.80. The van der Waals surface area contributed by atoms with Crippen LogP contribution in [0.1, 0.15) is 24.1 Å². The van der Waals surface area contributed by atoms with Gasteiger partial charge in [0.05, 0.1) is 11.2 Å². The molecule has 1 aromatic heterocycles. The van der Waals surface area contributed by atoms with Crippen molar-refractivity contribution in [2.75, 3.05) is 38.2 Å². The summed E-state index contributed by atoms with van der Waals surface area (Å²) < 4.78 is 11.8. The summed E-state index contributed by atoms with van der Waals surface area (Å²) >= 11 is 6.28. The topological polar surface area (TPSA) is 63.7 Å². The van der Waals surface area contributed by atoms with Crippen molar-refractivity contribution >= 4 is 34.1 Å². The Morgan fingerprint density at radius 1 is 1.21 bits per heavy atom. The van der Waals surface area contributed by atoms with Gasteiger partial charge in [0.25, 0.3) is 5.91 Å². The summed E-state index contributed by atoms with van der Waals surface area (Å²) in [6.45, 7) is 5.68. The lowest BCUT2D eigenvalue weighted by Crippen LogP contribution is -2.37. The number of nitrogens with one attached hydrogen (secondary N) is 1. The molecule has 3 aromatic rings. The zero-order valence-corrected chi connectivity index (χ0v) is 19.5. The Kier molecular flexibility index (Phi) is 6.38. The number of pyridine rings is 1. The smallest absolute Gasteiger partial charge is 0.262 e. The molecule has 0 radical (unpaired) electrons. The molecule has 1 N–H and O–H groups in total.